The van der Waals surface area contributed by atoms with Crippen molar-refractivity contribution in [1.29, 1.82) is 0 Å². The summed E-state index contributed by atoms with van der Waals surface area (Å²) in [4.78, 5) is 11.5. The molecule has 0 aromatic heterocycles. The molecule has 0 aliphatic heterocycles. The van der Waals surface area contributed by atoms with Crippen molar-refractivity contribution in [2.75, 3.05) is 5.75 Å². The lowest BCUT2D eigenvalue weighted by Gasteiger charge is -2.34. The van der Waals surface area contributed by atoms with Crippen molar-refractivity contribution in [3.05, 3.63) is 0 Å². The van der Waals surface area contributed by atoms with E-state index < -0.39 is 33.4 Å². The third kappa shape index (κ3) is 7.46. The lowest BCUT2D eigenvalue weighted by Crippen LogP contribution is -2.63. The number of hydrogen-bond donors (Lipinski definition) is 0. The summed E-state index contributed by atoms with van der Waals surface area (Å²) < 4.78 is 135. The fourth-order valence-electron chi connectivity index (χ4n) is 1.93. The van der Waals surface area contributed by atoms with Crippen LogP contribution in [0.15, 0.2) is 0 Å². The summed E-state index contributed by atoms with van der Waals surface area (Å²) in [5.74, 6) is -13.6. The van der Waals surface area contributed by atoms with Crippen molar-refractivity contribution in [3.63, 3.8) is 0 Å². The summed E-state index contributed by atoms with van der Waals surface area (Å²) in [7, 11) is -7.13. The molecular weight excluding hydrogens is 479 g/mol. The number of Topliss-reactive ketones (excluding diaryl/α,β-unsaturated/α-hetero) is 1. The van der Waals surface area contributed by atoms with Crippen LogP contribution in [0.4, 0.5) is 39.5 Å². The molecule has 0 rings (SSSR count). The van der Waals surface area contributed by atoms with E-state index in [1.807, 2.05) is 0 Å². The summed E-state index contributed by atoms with van der Waals surface area (Å²) in [5.41, 5.74) is 0. The smallest absolute Gasteiger partial charge is 0.460 e. The Hall–Kier alpha value is -0.700. The zero-order valence-electron chi connectivity index (χ0n) is 16.6. The Balaban J connectivity index is 0. The molecule has 0 atom stereocenters. The summed E-state index contributed by atoms with van der Waals surface area (Å²) in [5, 5.41) is -5.81. The Kier molecular flexibility index (Phi) is 11.3. The molecule has 0 saturated heterocycles. The summed E-state index contributed by atoms with van der Waals surface area (Å²) in [6.45, 7) is 11.0. The van der Waals surface area contributed by atoms with Gasteiger partial charge in [0.25, 0.3) is 0 Å². The molecule has 0 aliphatic rings. The van der Waals surface area contributed by atoms with E-state index in [9.17, 15) is 57.3 Å². The molecule has 4 nitrogen and oxygen atoms in total. The van der Waals surface area contributed by atoms with Crippen LogP contribution in [0.1, 0.15) is 47.5 Å². The van der Waals surface area contributed by atoms with Crippen molar-refractivity contribution in [3.8, 4) is 0 Å². The second kappa shape index (κ2) is 10.7. The largest absolute Gasteiger partial charge is 0.743 e. The number of hydrogen-bond acceptors (Lipinski definition) is 4. The van der Waals surface area contributed by atoms with Gasteiger partial charge in [-0.2, -0.15) is 39.5 Å². The Labute approximate surface area is 171 Å². The van der Waals surface area contributed by atoms with E-state index in [1.165, 1.54) is 0 Å². The first-order valence-corrected chi connectivity index (χ1v) is 11.3. The number of carbonyl (C=O) groups excluding carboxylic acids is 1. The van der Waals surface area contributed by atoms with Crippen molar-refractivity contribution in [1.82, 2.24) is 0 Å². The molecule has 0 aromatic carbocycles. The van der Waals surface area contributed by atoms with Crippen molar-refractivity contribution in [2.45, 2.75) is 81.2 Å². The van der Waals surface area contributed by atoms with E-state index >= 15 is 0 Å². The first kappa shape index (κ1) is 31.5. The molecule has 0 aromatic rings. The lowest BCUT2D eigenvalue weighted by atomic mass is 10.1. The predicted molar refractivity (Wildman–Crippen MR) is 93.0 cm³/mol. The Morgan fingerprint density at radius 3 is 1.47 bits per heavy atom. The molecule has 182 valence electrons. The van der Waals surface area contributed by atoms with Gasteiger partial charge in [0.05, 0.1) is 0 Å². The first-order chi connectivity index (χ1) is 13.0. The van der Waals surface area contributed by atoms with Gasteiger partial charge in [0.2, 0.25) is 0 Å². The van der Waals surface area contributed by atoms with Crippen LogP contribution in [0.25, 0.3) is 0 Å². The van der Waals surface area contributed by atoms with Crippen molar-refractivity contribution >= 4 is 26.8 Å². The molecule has 0 fully saturated rings. The van der Waals surface area contributed by atoms with E-state index in [1.54, 1.807) is 0 Å². The highest BCUT2D eigenvalue weighted by atomic mass is 32.2. The summed E-state index contributed by atoms with van der Waals surface area (Å²) in [6, 6.07) is 0. The summed E-state index contributed by atoms with van der Waals surface area (Å²) >= 11 is 0. The molecule has 0 amide bonds. The fourth-order valence-corrected chi connectivity index (χ4v) is 4.65. The molecule has 0 radical (unpaired) electrons. The Morgan fingerprint density at radius 2 is 1.23 bits per heavy atom. The maximum Gasteiger partial charge on any atom is 0.460 e. The monoisotopic (exact) mass is 502 g/mol. The second-order valence-electron chi connectivity index (χ2n) is 6.62. The van der Waals surface area contributed by atoms with Crippen LogP contribution in [0, 0.1) is 0 Å². The van der Waals surface area contributed by atoms with Gasteiger partial charge in [0, 0.05) is 6.42 Å². The van der Waals surface area contributed by atoms with Crippen LogP contribution >= 0.6 is 0 Å². The van der Waals surface area contributed by atoms with Gasteiger partial charge in [-0.25, -0.2) is 8.42 Å². The average Bonchev–Trinajstić information content (AvgIpc) is 2.50. The molecule has 0 unspecified atom stereocenters. The second-order valence-corrected chi connectivity index (χ2v) is 11.2. The van der Waals surface area contributed by atoms with Crippen LogP contribution in [0.5, 0.6) is 0 Å². The molecule has 0 heterocycles. The highest BCUT2D eigenvalue weighted by molar-refractivity contribution is 7.98. The minimum absolute atomic E-state index is 0.291. The number of rotatable bonds is 9. The highest BCUT2D eigenvalue weighted by Crippen LogP contribution is 2.54. The van der Waals surface area contributed by atoms with Crippen LogP contribution < -0.4 is 0 Å². The predicted octanol–water partition coefficient (Wildman–Crippen LogP) is 4.75. The molecular formula is C15H23F9O4S2. The van der Waals surface area contributed by atoms with Crippen LogP contribution in [-0.4, -0.2) is 58.3 Å². The third-order valence-electron chi connectivity index (χ3n) is 3.50. The summed E-state index contributed by atoms with van der Waals surface area (Å²) in [6.07, 6.45) is -5.40. The maximum atomic E-state index is 12.2. The van der Waals surface area contributed by atoms with Gasteiger partial charge >= 0.3 is 23.3 Å². The first-order valence-electron chi connectivity index (χ1n) is 8.34. The average molecular weight is 502 g/mol. The van der Waals surface area contributed by atoms with E-state index in [0.29, 0.717) is 27.2 Å². The lowest BCUT2D eigenvalue weighted by molar-refractivity contribution is -0.382. The van der Waals surface area contributed by atoms with Gasteiger partial charge in [-0.05, 0) is 45.0 Å². The van der Waals surface area contributed by atoms with E-state index in [2.05, 4.69) is 34.6 Å². The molecule has 30 heavy (non-hydrogen) atoms. The van der Waals surface area contributed by atoms with E-state index in [4.69, 9.17) is 0 Å². The van der Waals surface area contributed by atoms with Crippen LogP contribution in [-0.2, 0) is 25.8 Å². The standard InChI is InChI=1S/C11H23OS.C4HF9O3S/c1-6-7-11(12)8-13(9(2)3)10(4)5;5-1(6,3(9,10)11)2(7,8)4(12,13)17(14,15)16/h9-10H,6-8H2,1-5H3;(H,14,15,16)/q+1;/p-1. The molecule has 0 aliphatic carbocycles. The highest BCUT2D eigenvalue weighted by Gasteiger charge is 2.83. The van der Waals surface area contributed by atoms with Crippen LogP contribution in [0.2, 0.25) is 0 Å². The fraction of sp³-hybridized carbons (Fsp3) is 0.933. The van der Waals surface area contributed by atoms with E-state index in [0.717, 1.165) is 18.6 Å². The topological polar surface area (TPSA) is 74.3 Å². The zero-order valence-corrected chi connectivity index (χ0v) is 18.3. The van der Waals surface area contributed by atoms with Gasteiger partial charge in [-0.1, -0.05) is 6.92 Å². The van der Waals surface area contributed by atoms with Crippen LogP contribution in [0.3, 0.4) is 0 Å². The van der Waals surface area contributed by atoms with E-state index in [-0.39, 0.29) is 0 Å². The molecule has 0 spiro atoms. The number of halogens is 9. The number of carbonyl (C=O) groups is 1. The Bertz CT molecular complexity index is 652. The molecule has 0 saturated carbocycles. The van der Waals surface area contributed by atoms with Gasteiger partial charge in [-0.3, -0.25) is 4.79 Å². The number of alkyl halides is 9. The molecule has 0 N–H and O–H groups in total. The third-order valence-corrected chi connectivity index (χ3v) is 7.46. The minimum Gasteiger partial charge on any atom is -0.743 e. The van der Waals surface area contributed by atoms with Crippen molar-refractivity contribution < 1.29 is 57.3 Å². The Morgan fingerprint density at radius 1 is 0.867 bits per heavy atom. The van der Waals surface area contributed by atoms with Gasteiger partial charge in [0.1, 0.15) is 10.5 Å². The molecule has 0 bridgehead atoms. The van der Waals surface area contributed by atoms with Gasteiger partial charge < -0.3 is 4.55 Å². The maximum absolute atomic E-state index is 12.2. The van der Waals surface area contributed by atoms with Crippen molar-refractivity contribution in [2.24, 2.45) is 0 Å². The van der Waals surface area contributed by atoms with Gasteiger partial charge in [0.15, 0.2) is 21.7 Å². The quantitative estimate of drug-likeness (QED) is 0.259. The molecule has 15 heteroatoms. The number of ketones is 1. The van der Waals surface area contributed by atoms with Gasteiger partial charge in [-0.15, -0.1) is 0 Å². The normalized spacial score (nSPS) is 14.2. The SMILES string of the molecule is CCCC(=O)C[S+](C(C)C)C(C)C.O=S(=O)([O-])C(F)(F)C(F)(F)C(F)(F)C(F)(F)F. The zero-order chi connectivity index (χ0) is 24.9. The minimum atomic E-state index is -7.43.